The van der Waals surface area contributed by atoms with Crippen molar-refractivity contribution < 1.29 is 0 Å². The molecule has 76 valence electrons. The fourth-order valence-electron chi connectivity index (χ4n) is 3.17. The minimum Gasteiger partial charge on any atom is -0.0620 e. The van der Waals surface area contributed by atoms with Gasteiger partial charge < -0.3 is 0 Å². The molecule has 0 aromatic heterocycles. The van der Waals surface area contributed by atoms with Crippen molar-refractivity contribution >= 4 is 0 Å². The molecule has 0 bridgehead atoms. The van der Waals surface area contributed by atoms with Crippen LogP contribution >= 0.6 is 0 Å². The third-order valence-electron chi connectivity index (χ3n) is 3.81. The van der Waals surface area contributed by atoms with Crippen LogP contribution in [-0.2, 0) is 0 Å². The van der Waals surface area contributed by atoms with Crippen molar-refractivity contribution in [2.75, 3.05) is 0 Å². The maximum Gasteiger partial charge on any atom is 0.0199 e. The van der Waals surface area contributed by atoms with Gasteiger partial charge in [-0.05, 0) is 22.3 Å². The molecule has 0 saturated carbocycles. The molecule has 4 rings (SSSR count). The highest BCUT2D eigenvalue weighted by Gasteiger charge is 2.40. The summed E-state index contributed by atoms with van der Waals surface area (Å²) in [5.41, 5.74) is 5.86. The van der Waals surface area contributed by atoms with E-state index in [4.69, 9.17) is 0 Å². The number of allylic oxidation sites excluding steroid dienone is 14. The molecule has 4 aliphatic rings. The monoisotopic (exact) mass is 204 g/mol. The van der Waals surface area contributed by atoms with Gasteiger partial charge in [0.2, 0.25) is 0 Å². The Morgan fingerprint density at radius 1 is 0.562 bits per heavy atom. The van der Waals surface area contributed by atoms with Crippen molar-refractivity contribution in [2.24, 2.45) is 11.8 Å². The first kappa shape index (κ1) is 8.35. The predicted octanol–water partition coefficient (Wildman–Crippen LogP) is 3.65. The average Bonchev–Trinajstić information content (AvgIpc) is 2.65. The molecule has 0 aromatic rings. The smallest absolute Gasteiger partial charge is 0.0199 e. The molecule has 0 aromatic carbocycles. The Morgan fingerprint density at radius 3 is 1.62 bits per heavy atom. The van der Waals surface area contributed by atoms with Crippen molar-refractivity contribution in [3.05, 3.63) is 83.1 Å². The molecule has 0 saturated heterocycles. The van der Waals surface area contributed by atoms with Crippen molar-refractivity contribution in [3.63, 3.8) is 0 Å². The number of rotatable bonds is 0. The molecule has 0 N–H and O–H groups in total. The van der Waals surface area contributed by atoms with Crippen LogP contribution in [0.5, 0.6) is 0 Å². The van der Waals surface area contributed by atoms with E-state index in [1.54, 1.807) is 0 Å². The molecular formula is C16H12. The second kappa shape index (κ2) is 2.85. The first-order chi connectivity index (χ1) is 7.93. The van der Waals surface area contributed by atoms with Gasteiger partial charge in [0, 0.05) is 11.8 Å². The Balaban J connectivity index is 2.02. The van der Waals surface area contributed by atoms with E-state index in [0.29, 0.717) is 11.8 Å². The van der Waals surface area contributed by atoms with Gasteiger partial charge in [0.25, 0.3) is 0 Å². The zero-order chi connectivity index (χ0) is 10.5. The van der Waals surface area contributed by atoms with Crippen molar-refractivity contribution in [1.82, 2.24) is 0 Å². The molecule has 4 aliphatic carbocycles. The van der Waals surface area contributed by atoms with E-state index in [2.05, 4.69) is 60.8 Å². The Kier molecular flexibility index (Phi) is 1.49. The molecular weight excluding hydrogens is 192 g/mol. The largest absolute Gasteiger partial charge is 0.0620 e. The zero-order valence-corrected chi connectivity index (χ0v) is 8.93. The third kappa shape index (κ3) is 0.943. The van der Waals surface area contributed by atoms with Crippen LogP contribution in [0.1, 0.15) is 0 Å². The van der Waals surface area contributed by atoms with Gasteiger partial charge in [-0.3, -0.25) is 0 Å². The van der Waals surface area contributed by atoms with Crippen molar-refractivity contribution in [3.8, 4) is 0 Å². The van der Waals surface area contributed by atoms with Crippen LogP contribution in [0.2, 0.25) is 0 Å². The Labute approximate surface area is 95.4 Å². The SMILES string of the molecule is C1=CC=C2C=C3C=CC=CC4=CC(=C1)C2C43. The molecule has 0 amide bonds. The molecule has 0 radical (unpaired) electrons. The Hall–Kier alpha value is -1.82. The average molecular weight is 204 g/mol. The lowest BCUT2D eigenvalue weighted by atomic mass is 9.86. The van der Waals surface area contributed by atoms with Crippen molar-refractivity contribution in [1.29, 1.82) is 0 Å². The molecule has 0 fully saturated rings. The number of hydrogen-bond acceptors (Lipinski definition) is 0. The van der Waals surface area contributed by atoms with Gasteiger partial charge in [-0.2, -0.15) is 0 Å². The molecule has 0 atom stereocenters. The third-order valence-corrected chi connectivity index (χ3v) is 3.81. The maximum absolute atomic E-state index is 2.36. The first-order valence-corrected chi connectivity index (χ1v) is 5.80. The highest BCUT2D eigenvalue weighted by atomic mass is 14.4. The summed E-state index contributed by atoms with van der Waals surface area (Å²) in [7, 11) is 0. The van der Waals surface area contributed by atoms with Gasteiger partial charge in [-0.25, -0.2) is 0 Å². The zero-order valence-electron chi connectivity index (χ0n) is 8.93. The van der Waals surface area contributed by atoms with Crippen LogP contribution in [0.3, 0.4) is 0 Å². The molecule has 0 unspecified atom stereocenters. The van der Waals surface area contributed by atoms with Crippen LogP contribution < -0.4 is 0 Å². The summed E-state index contributed by atoms with van der Waals surface area (Å²) in [5.74, 6) is 1.15. The lowest BCUT2D eigenvalue weighted by Crippen LogP contribution is -2.08. The highest BCUT2D eigenvalue weighted by molar-refractivity contribution is 5.62. The Bertz CT molecular complexity index is 521. The summed E-state index contributed by atoms with van der Waals surface area (Å²) in [6.07, 6.45) is 22.3. The standard InChI is InChI=1S/C16H12/c1-2-6-12-10-14-8-4-3-7-13-9-11(5-1)15(12)16(13)14/h1-10,15-16H. The quantitative estimate of drug-likeness (QED) is 0.565. The van der Waals surface area contributed by atoms with E-state index >= 15 is 0 Å². The summed E-state index contributed by atoms with van der Waals surface area (Å²) in [6.45, 7) is 0. The predicted molar refractivity (Wildman–Crippen MR) is 66.7 cm³/mol. The Morgan fingerprint density at radius 2 is 1.06 bits per heavy atom. The van der Waals surface area contributed by atoms with E-state index in [-0.39, 0.29) is 0 Å². The van der Waals surface area contributed by atoms with Gasteiger partial charge in [0.15, 0.2) is 0 Å². The normalized spacial score (nSPS) is 32.5. The van der Waals surface area contributed by atoms with E-state index in [1.807, 2.05) is 0 Å². The first-order valence-electron chi connectivity index (χ1n) is 5.80. The van der Waals surface area contributed by atoms with Gasteiger partial charge in [-0.1, -0.05) is 60.8 Å². The molecule has 0 spiro atoms. The minimum atomic E-state index is 0.576. The molecule has 16 heavy (non-hydrogen) atoms. The second-order valence-electron chi connectivity index (χ2n) is 4.68. The summed E-state index contributed by atoms with van der Waals surface area (Å²) < 4.78 is 0. The van der Waals surface area contributed by atoms with Gasteiger partial charge in [-0.15, -0.1) is 0 Å². The van der Waals surface area contributed by atoms with E-state index in [1.165, 1.54) is 22.3 Å². The number of hydrogen-bond donors (Lipinski definition) is 0. The lowest BCUT2D eigenvalue weighted by molar-refractivity contribution is 0.654. The summed E-state index contributed by atoms with van der Waals surface area (Å²) in [4.78, 5) is 0. The highest BCUT2D eigenvalue weighted by Crippen LogP contribution is 2.51. The van der Waals surface area contributed by atoms with Crippen LogP contribution in [0.25, 0.3) is 0 Å². The lowest BCUT2D eigenvalue weighted by Gasteiger charge is -2.16. The van der Waals surface area contributed by atoms with Crippen LogP contribution in [0.4, 0.5) is 0 Å². The summed E-state index contributed by atoms with van der Waals surface area (Å²) in [5, 5.41) is 0. The summed E-state index contributed by atoms with van der Waals surface area (Å²) in [6, 6.07) is 0. The molecule has 0 heterocycles. The van der Waals surface area contributed by atoms with Gasteiger partial charge >= 0.3 is 0 Å². The second-order valence-corrected chi connectivity index (χ2v) is 4.68. The van der Waals surface area contributed by atoms with E-state index < -0.39 is 0 Å². The maximum atomic E-state index is 2.36. The van der Waals surface area contributed by atoms with Crippen LogP contribution in [0, 0.1) is 11.8 Å². The fraction of sp³-hybridized carbons (Fsp3) is 0.125. The van der Waals surface area contributed by atoms with Crippen LogP contribution in [-0.4, -0.2) is 0 Å². The summed E-state index contributed by atoms with van der Waals surface area (Å²) >= 11 is 0. The van der Waals surface area contributed by atoms with Crippen molar-refractivity contribution in [2.45, 2.75) is 0 Å². The topological polar surface area (TPSA) is 0 Å². The minimum absolute atomic E-state index is 0.576. The molecule has 0 nitrogen and oxygen atoms in total. The fourth-order valence-corrected chi connectivity index (χ4v) is 3.17. The van der Waals surface area contributed by atoms with E-state index in [9.17, 15) is 0 Å². The molecule has 0 aliphatic heterocycles. The van der Waals surface area contributed by atoms with Crippen LogP contribution in [0.15, 0.2) is 83.1 Å². The van der Waals surface area contributed by atoms with E-state index in [0.717, 1.165) is 0 Å². The molecule has 0 heteroatoms. The van der Waals surface area contributed by atoms with Gasteiger partial charge in [0.05, 0.1) is 0 Å². The van der Waals surface area contributed by atoms with Gasteiger partial charge in [0.1, 0.15) is 0 Å².